The fourth-order valence-electron chi connectivity index (χ4n) is 3.51. The highest BCUT2D eigenvalue weighted by atomic mass is 16.7. The van der Waals surface area contributed by atoms with Gasteiger partial charge in [-0.2, -0.15) is 0 Å². The van der Waals surface area contributed by atoms with E-state index in [0.29, 0.717) is 25.9 Å². The lowest BCUT2D eigenvalue weighted by Crippen LogP contribution is -2.14. The summed E-state index contributed by atoms with van der Waals surface area (Å²) in [6, 6.07) is 36.5. The molecule has 0 radical (unpaired) electrons. The zero-order chi connectivity index (χ0) is 26.7. The summed E-state index contributed by atoms with van der Waals surface area (Å²) in [5.41, 5.74) is 2.75. The first kappa shape index (κ1) is 29.3. The van der Waals surface area contributed by atoms with E-state index >= 15 is 0 Å². The summed E-state index contributed by atoms with van der Waals surface area (Å²) in [7, 11) is 0. The first-order chi connectivity index (χ1) is 18.3. The molecular weight excluding hydrogens is 460 g/mol. The summed E-state index contributed by atoms with van der Waals surface area (Å²) in [4.78, 5) is 0. The Morgan fingerprint density at radius 1 is 0.432 bits per heavy atom. The molecule has 2 aliphatic heterocycles. The van der Waals surface area contributed by atoms with Crippen molar-refractivity contribution in [2.75, 3.05) is 20.0 Å². The topological polar surface area (TPSA) is 36.9 Å². The van der Waals surface area contributed by atoms with E-state index in [1.165, 1.54) is 11.1 Å². The summed E-state index contributed by atoms with van der Waals surface area (Å²) >= 11 is 0. The van der Waals surface area contributed by atoms with Gasteiger partial charge in [-0.15, -0.1) is 0 Å². The van der Waals surface area contributed by atoms with Crippen LogP contribution in [0, 0.1) is 0 Å². The van der Waals surface area contributed by atoms with Gasteiger partial charge in [0.05, 0.1) is 0 Å². The number of benzene rings is 4. The molecule has 0 bridgehead atoms. The van der Waals surface area contributed by atoms with Gasteiger partial charge < -0.3 is 18.9 Å². The van der Waals surface area contributed by atoms with Gasteiger partial charge in [0.15, 0.2) is 23.0 Å². The van der Waals surface area contributed by atoms with Gasteiger partial charge in [0.1, 0.15) is 13.2 Å². The highest BCUT2D eigenvalue weighted by molar-refractivity contribution is 5.41. The third-order valence-corrected chi connectivity index (χ3v) is 5.32. The van der Waals surface area contributed by atoms with E-state index in [9.17, 15) is 0 Å². The maximum absolute atomic E-state index is 5.30. The number of rotatable bonds is 2. The van der Waals surface area contributed by atoms with Crippen molar-refractivity contribution < 1.29 is 18.9 Å². The van der Waals surface area contributed by atoms with Crippen molar-refractivity contribution in [3.8, 4) is 23.0 Å². The second-order valence-electron chi connectivity index (χ2n) is 7.54. The lowest BCUT2D eigenvalue weighted by molar-refractivity contribution is 0.171. The van der Waals surface area contributed by atoms with Gasteiger partial charge in [0.2, 0.25) is 6.79 Å². The Bertz CT molecular complexity index is 1030. The quantitative estimate of drug-likeness (QED) is 0.276. The Morgan fingerprint density at radius 2 is 0.730 bits per heavy atom. The molecule has 0 spiro atoms. The highest BCUT2D eigenvalue weighted by Gasteiger charge is 2.10. The molecule has 4 heteroatoms. The van der Waals surface area contributed by atoms with Crippen LogP contribution in [-0.4, -0.2) is 20.0 Å². The average Bonchev–Trinajstić information content (AvgIpc) is 3.50. The Hall–Kier alpha value is -3.92. The van der Waals surface area contributed by atoms with Crippen molar-refractivity contribution >= 4 is 0 Å². The second-order valence-corrected chi connectivity index (χ2v) is 7.54. The molecule has 4 aromatic rings. The van der Waals surface area contributed by atoms with Crippen LogP contribution in [0.2, 0.25) is 0 Å². The van der Waals surface area contributed by atoms with Gasteiger partial charge in [0, 0.05) is 5.92 Å². The molecule has 0 N–H and O–H groups in total. The van der Waals surface area contributed by atoms with Gasteiger partial charge in [-0.3, -0.25) is 0 Å². The minimum Gasteiger partial charge on any atom is -0.486 e. The molecule has 6 rings (SSSR count). The minimum absolute atomic E-state index is 0.360. The molecule has 4 aromatic carbocycles. The predicted molar refractivity (Wildman–Crippen MR) is 153 cm³/mol. The molecule has 196 valence electrons. The van der Waals surface area contributed by atoms with Crippen LogP contribution in [0.5, 0.6) is 23.0 Å². The average molecular weight is 501 g/mol. The molecule has 0 saturated carbocycles. The Kier molecular flexibility index (Phi) is 13.9. The Balaban J connectivity index is 0.000000187. The van der Waals surface area contributed by atoms with Crippen molar-refractivity contribution in [1.29, 1.82) is 0 Å². The zero-order valence-corrected chi connectivity index (χ0v) is 22.7. The maximum atomic E-state index is 5.30. The third kappa shape index (κ3) is 9.57. The first-order valence-corrected chi connectivity index (χ1v) is 13.1. The summed E-state index contributed by atoms with van der Waals surface area (Å²) in [6.45, 7) is 11.9. The van der Waals surface area contributed by atoms with Crippen LogP contribution in [-0.2, 0) is 0 Å². The van der Waals surface area contributed by atoms with E-state index < -0.39 is 0 Å². The van der Waals surface area contributed by atoms with Crippen molar-refractivity contribution in [2.24, 2.45) is 0 Å². The van der Waals surface area contributed by atoms with E-state index in [4.69, 9.17) is 18.9 Å². The molecule has 0 fully saturated rings. The Labute approximate surface area is 222 Å². The molecule has 0 aromatic heterocycles. The monoisotopic (exact) mass is 500 g/mol. The molecule has 0 aliphatic carbocycles. The number of fused-ring (bicyclic) bond motifs is 2. The zero-order valence-electron chi connectivity index (χ0n) is 22.7. The van der Waals surface area contributed by atoms with Crippen molar-refractivity contribution in [3.63, 3.8) is 0 Å². The fourth-order valence-corrected chi connectivity index (χ4v) is 3.51. The Morgan fingerprint density at radius 3 is 1.08 bits per heavy atom. The first-order valence-electron chi connectivity index (χ1n) is 13.1. The number of hydrogen-bond donors (Lipinski definition) is 0. The molecule has 0 atom stereocenters. The molecule has 2 heterocycles. The van der Waals surface area contributed by atoms with Gasteiger partial charge in [-0.1, -0.05) is 120 Å². The van der Waals surface area contributed by atoms with Crippen molar-refractivity contribution in [3.05, 3.63) is 120 Å². The normalized spacial score (nSPS) is 11.6. The molecule has 0 unspecified atom stereocenters. The van der Waals surface area contributed by atoms with Crippen LogP contribution >= 0.6 is 0 Å². The number of ether oxygens (including phenoxy) is 4. The van der Waals surface area contributed by atoms with Crippen LogP contribution in [0.25, 0.3) is 0 Å². The van der Waals surface area contributed by atoms with Crippen LogP contribution < -0.4 is 18.9 Å². The SMILES string of the molecule is CC.CC.CC(c1ccccc1)c1ccccc1.c1ccc2c(c1)OCCO2.c1ccc2c(c1)OCO2. The third-order valence-electron chi connectivity index (χ3n) is 5.32. The van der Waals surface area contributed by atoms with Gasteiger partial charge in [0.25, 0.3) is 0 Å². The fraction of sp³-hybridized carbons (Fsp3) is 0.273. The van der Waals surface area contributed by atoms with E-state index in [1.54, 1.807) is 0 Å². The van der Waals surface area contributed by atoms with Crippen LogP contribution in [0.4, 0.5) is 0 Å². The van der Waals surface area contributed by atoms with E-state index in [2.05, 4.69) is 67.6 Å². The summed E-state index contributed by atoms with van der Waals surface area (Å²) in [5.74, 6) is 3.88. The van der Waals surface area contributed by atoms with E-state index in [-0.39, 0.29) is 0 Å². The molecule has 4 nitrogen and oxygen atoms in total. The molecule has 0 saturated heterocycles. The number of hydrogen-bond acceptors (Lipinski definition) is 4. The summed E-state index contributed by atoms with van der Waals surface area (Å²) in [5, 5.41) is 0. The van der Waals surface area contributed by atoms with Gasteiger partial charge in [-0.05, 0) is 35.4 Å². The van der Waals surface area contributed by atoms with Gasteiger partial charge in [-0.25, -0.2) is 0 Å². The van der Waals surface area contributed by atoms with Crippen LogP contribution in [0.15, 0.2) is 109 Å². The smallest absolute Gasteiger partial charge is 0.231 e. The lowest BCUT2D eigenvalue weighted by Gasteiger charge is -2.17. The van der Waals surface area contributed by atoms with E-state index in [1.807, 2.05) is 76.2 Å². The predicted octanol–water partition coefficient (Wildman–Crippen LogP) is 8.76. The van der Waals surface area contributed by atoms with Crippen LogP contribution in [0.3, 0.4) is 0 Å². The summed E-state index contributed by atoms with van der Waals surface area (Å²) in [6.07, 6.45) is 0. The minimum atomic E-state index is 0.360. The molecule has 37 heavy (non-hydrogen) atoms. The largest absolute Gasteiger partial charge is 0.486 e. The van der Waals surface area contributed by atoms with Gasteiger partial charge >= 0.3 is 0 Å². The molecule has 2 aliphatic rings. The maximum Gasteiger partial charge on any atom is 0.231 e. The highest BCUT2D eigenvalue weighted by Crippen LogP contribution is 2.30. The van der Waals surface area contributed by atoms with E-state index in [0.717, 1.165) is 23.0 Å². The van der Waals surface area contributed by atoms with Crippen molar-refractivity contribution in [1.82, 2.24) is 0 Å². The second kappa shape index (κ2) is 17.5. The molecular formula is C33H40O4. The van der Waals surface area contributed by atoms with Crippen molar-refractivity contribution in [2.45, 2.75) is 40.5 Å². The summed E-state index contributed by atoms with van der Waals surface area (Å²) < 4.78 is 20.7. The van der Waals surface area contributed by atoms with Crippen LogP contribution in [0.1, 0.15) is 51.7 Å². The number of para-hydroxylation sites is 4. The molecule has 0 amide bonds. The lowest BCUT2D eigenvalue weighted by atomic mass is 9.93. The standard InChI is InChI=1S/C14H14.C8H8O2.C7H6O2.2C2H6/c1-12(13-8-4-2-5-9-13)14-10-6-3-7-11-14;1-2-4-8-7(3-1)9-5-6-10-8;1-2-4-7-6(3-1)8-5-9-7;2*1-2/h2-12H,1H3;1-4H,5-6H2;1-4H,5H2;2*1-2H3.